The number of methoxy groups -OCH3 is 1. The highest BCUT2D eigenvalue weighted by atomic mass is 16.5. The molecular weight excluding hydrogens is 328 g/mol. The first-order valence-corrected chi connectivity index (χ1v) is 9.95. The van der Waals surface area contributed by atoms with Gasteiger partial charge in [0.1, 0.15) is 5.75 Å². The summed E-state index contributed by atoms with van der Waals surface area (Å²) in [4.78, 5) is 17.2. The van der Waals surface area contributed by atoms with Crippen molar-refractivity contribution >= 4 is 5.91 Å². The van der Waals surface area contributed by atoms with Crippen LogP contribution in [0, 0.1) is 5.92 Å². The summed E-state index contributed by atoms with van der Waals surface area (Å²) in [6.07, 6.45) is 4.85. The zero-order valence-electron chi connectivity index (χ0n) is 16.0. The fraction of sp³-hybridized carbons (Fsp3) is 0.667. The van der Waals surface area contributed by atoms with Crippen molar-refractivity contribution in [3.05, 3.63) is 29.8 Å². The zero-order valence-corrected chi connectivity index (χ0v) is 16.0. The Balaban J connectivity index is 1.43. The lowest BCUT2D eigenvalue weighted by Crippen LogP contribution is -2.39. The van der Waals surface area contributed by atoms with Crippen molar-refractivity contribution in [2.24, 2.45) is 5.92 Å². The van der Waals surface area contributed by atoms with Crippen molar-refractivity contribution in [2.45, 2.75) is 32.1 Å². The molecule has 5 nitrogen and oxygen atoms in total. The average Bonchev–Trinajstić information content (AvgIpc) is 2.93. The number of amides is 1. The van der Waals surface area contributed by atoms with Crippen molar-refractivity contribution in [3.8, 4) is 5.75 Å². The van der Waals surface area contributed by atoms with E-state index in [0.717, 1.165) is 76.5 Å². The van der Waals surface area contributed by atoms with Crippen LogP contribution in [0.1, 0.15) is 31.2 Å². The lowest BCUT2D eigenvalue weighted by atomic mass is 10.00. The Bertz CT molecular complexity index is 572. The highest BCUT2D eigenvalue weighted by Crippen LogP contribution is 2.20. The molecule has 0 spiro atoms. The highest BCUT2D eigenvalue weighted by Gasteiger charge is 2.22. The Hall–Kier alpha value is -1.59. The predicted molar refractivity (Wildman–Crippen MR) is 102 cm³/mol. The van der Waals surface area contributed by atoms with Gasteiger partial charge in [-0.1, -0.05) is 12.1 Å². The van der Waals surface area contributed by atoms with Crippen molar-refractivity contribution in [1.29, 1.82) is 0 Å². The minimum absolute atomic E-state index is 0.292. The number of ether oxygens (including phenoxy) is 2. The molecule has 2 aliphatic rings. The van der Waals surface area contributed by atoms with Gasteiger partial charge in [0.25, 0.3) is 0 Å². The SMILES string of the molecule is COc1cccc(CCC(=O)N2CCCC(CN3CCOCC3)CC2)c1. The van der Waals surface area contributed by atoms with Crippen molar-refractivity contribution in [1.82, 2.24) is 9.80 Å². The summed E-state index contributed by atoms with van der Waals surface area (Å²) in [6.45, 7) is 6.82. The van der Waals surface area contributed by atoms with Gasteiger partial charge in [-0.3, -0.25) is 9.69 Å². The molecule has 0 saturated carbocycles. The number of nitrogens with zero attached hydrogens (tertiary/aromatic N) is 2. The van der Waals surface area contributed by atoms with Gasteiger partial charge in [-0.25, -0.2) is 0 Å². The largest absolute Gasteiger partial charge is 0.497 e. The van der Waals surface area contributed by atoms with Gasteiger partial charge in [0.2, 0.25) is 5.91 Å². The van der Waals surface area contributed by atoms with E-state index in [1.807, 2.05) is 18.2 Å². The number of likely N-dealkylation sites (tertiary alicyclic amines) is 1. The first kappa shape index (κ1) is 19.2. The highest BCUT2D eigenvalue weighted by molar-refractivity contribution is 5.76. The van der Waals surface area contributed by atoms with E-state index in [4.69, 9.17) is 9.47 Å². The number of hydrogen-bond acceptors (Lipinski definition) is 4. The Morgan fingerprint density at radius 2 is 2.04 bits per heavy atom. The first-order chi connectivity index (χ1) is 12.7. The summed E-state index contributed by atoms with van der Waals surface area (Å²) in [5.74, 6) is 1.86. The van der Waals surface area contributed by atoms with Gasteiger partial charge in [-0.15, -0.1) is 0 Å². The van der Waals surface area contributed by atoms with Gasteiger partial charge < -0.3 is 14.4 Å². The van der Waals surface area contributed by atoms with Gasteiger partial charge in [0.15, 0.2) is 0 Å². The molecule has 1 aromatic carbocycles. The molecule has 0 bridgehead atoms. The number of hydrogen-bond donors (Lipinski definition) is 0. The van der Waals surface area contributed by atoms with Crippen LogP contribution >= 0.6 is 0 Å². The molecule has 0 aliphatic carbocycles. The Morgan fingerprint density at radius 3 is 2.85 bits per heavy atom. The molecule has 2 saturated heterocycles. The summed E-state index contributed by atoms with van der Waals surface area (Å²) in [7, 11) is 1.68. The Morgan fingerprint density at radius 1 is 1.19 bits per heavy atom. The van der Waals surface area contributed by atoms with Crippen LogP contribution in [0.5, 0.6) is 5.75 Å². The van der Waals surface area contributed by atoms with Crippen LogP contribution in [-0.2, 0) is 16.0 Å². The minimum atomic E-state index is 0.292. The summed E-state index contributed by atoms with van der Waals surface area (Å²) >= 11 is 0. The molecule has 5 heteroatoms. The zero-order chi connectivity index (χ0) is 18.2. The molecular formula is C21H32N2O3. The number of carbonyl (C=O) groups is 1. The molecule has 26 heavy (non-hydrogen) atoms. The van der Waals surface area contributed by atoms with E-state index in [-0.39, 0.29) is 0 Å². The third-order valence-electron chi connectivity index (χ3n) is 5.58. The third kappa shape index (κ3) is 5.71. The normalized spacial score (nSPS) is 22.0. The van der Waals surface area contributed by atoms with Crippen LogP contribution in [0.15, 0.2) is 24.3 Å². The van der Waals surface area contributed by atoms with Crippen LogP contribution in [0.4, 0.5) is 0 Å². The number of benzene rings is 1. The molecule has 144 valence electrons. The van der Waals surface area contributed by atoms with Crippen LogP contribution in [0.3, 0.4) is 0 Å². The third-order valence-corrected chi connectivity index (χ3v) is 5.58. The summed E-state index contributed by atoms with van der Waals surface area (Å²) in [6, 6.07) is 8.01. The fourth-order valence-electron chi connectivity index (χ4n) is 3.98. The van der Waals surface area contributed by atoms with E-state index >= 15 is 0 Å². The molecule has 0 N–H and O–H groups in total. The molecule has 2 fully saturated rings. The second-order valence-electron chi connectivity index (χ2n) is 7.44. The first-order valence-electron chi connectivity index (χ1n) is 9.95. The maximum Gasteiger partial charge on any atom is 0.222 e. The van der Waals surface area contributed by atoms with Crippen LogP contribution in [0.25, 0.3) is 0 Å². The van der Waals surface area contributed by atoms with E-state index in [0.29, 0.717) is 18.2 Å². The molecule has 1 unspecified atom stereocenters. The van der Waals surface area contributed by atoms with Gasteiger partial charge in [-0.2, -0.15) is 0 Å². The van der Waals surface area contributed by atoms with E-state index < -0.39 is 0 Å². The van der Waals surface area contributed by atoms with Gasteiger partial charge in [0, 0.05) is 39.1 Å². The quantitative estimate of drug-likeness (QED) is 0.782. The van der Waals surface area contributed by atoms with Gasteiger partial charge in [-0.05, 0) is 49.3 Å². The number of morpholine rings is 1. The van der Waals surface area contributed by atoms with Crippen molar-refractivity contribution < 1.29 is 14.3 Å². The summed E-state index contributed by atoms with van der Waals surface area (Å²) in [5.41, 5.74) is 1.16. The number of carbonyl (C=O) groups excluding carboxylic acids is 1. The lowest BCUT2D eigenvalue weighted by molar-refractivity contribution is -0.131. The predicted octanol–water partition coefficient (Wildman–Crippen LogP) is 2.59. The lowest BCUT2D eigenvalue weighted by Gasteiger charge is -2.30. The standard InChI is InChI=1S/C21H32N2O3/c1-25-20-6-2-4-18(16-20)7-8-21(24)23-10-3-5-19(9-11-23)17-22-12-14-26-15-13-22/h2,4,6,16,19H,3,5,7-15,17H2,1H3. The van der Waals surface area contributed by atoms with E-state index in [1.165, 1.54) is 6.42 Å². The molecule has 1 atom stereocenters. The Kier molecular flexibility index (Phi) is 7.32. The molecule has 3 rings (SSSR count). The van der Waals surface area contributed by atoms with Crippen molar-refractivity contribution in [2.75, 3.05) is 53.0 Å². The van der Waals surface area contributed by atoms with Crippen molar-refractivity contribution in [3.63, 3.8) is 0 Å². The second-order valence-corrected chi connectivity index (χ2v) is 7.44. The topological polar surface area (TPSA) is 42.0 Å². The van der Waals surface area contributed by atoms with E-state index in [2.05, 4.69) is 15.9 Å². The molecule has 0 aromatic heterocycles. The maximum atomic E-state index is 12.6. The minimum Gasteiger partial charge on any atom is -0.497 e. The summed E-state index contributed by atoms with van der Waals surface area (Å²) < 4.78 is 10.7. The molecule has 1 aromatic rings. The van der Waals surface area contributed by atoms with Crippen LogP contribution in [-0.4, -0.2) is 68.8 Å². The fourth-order valence-corrected chi connectivity index (χ4v) is 3.98. The summed E-state index contributed by atoms with van der Waals surface area (Å²) in [5, 5.41) is 0. The van der Waals surface area contributed by atoms with Crippen LogP contribution < -0.4 is 4.74 Å². The molecule has 0 radical (unpaired) electrons. The van der Waals surface area contributed by atoms with E-state index in [9.17, 15) is 4.79 Å². The number of rotatable bonds is 6. The molecule has 1 amide bonds. The number of aryl methyl sites for hydroxylation is 1. The smallest absolute Gasteiger partial charge is 0.222 e. The maximum absolute atomic E-state index is 12.6. The molecule has 2 aliphatic heterocycles. The van der Waals surface area contributed by atoms with Crippen LogP contribution in [0.2, 0.25) is 0 Å². The van der Waals surface area contributed by atoms with Gasteiger partial charge >= 0.3 is 0 Å². The second kappa shape index (κ2) is 9.93. The Labute approximate surface area is 157 Å². The average molecular weight is 360 g/mol. The van der Waals surface area contributed by atoms with Gasteiger partial charge in [0.05, 0.1) is 20.3 Å². The van der Waals surface area contributed by atoms with E-state index in [1.54, 1.807) is 7.11 Å². The monoisotopic (exact) mass is 360 g/mol. The molecule has 2 heterocycles.